The van der Waals surface area contributed by atoms with Crippen LogP contribution in [0.5, 0.6) is 0 Å². The Morgan fingerprint density at radius 2 is 1.74 bits per heavy atom. The fourth-order valence-electron chi connectivity index (χ4n) is 8.55. The van der Waals surface area contributed by atoms with Crippen molar-refractivity contribution in [3.05, 3.63) is 103 Å². The standard InChI is InChI=1S/C42H47N3O8/c1-4-26(2)32(24-46)45-38-40(49)44(30-19-18-27-13-10-11-16-29(27)23-30)22-12-6-9-17-34(47)43-31(25-51-3)37(28-14-7-5-8-15-28)52-41(50)35-33-20-21-42(38,53-33)36(35)39(45)48/h5-8,10-16,18-21,23,26,31-33,35-38,46H,4,9,17,22,24-25H2,1-3H3,(H,43,47)/b12-6-/t26-,31+,32-,33-,35+,36+,37+,38-,42+/m0/s1. The molecule has 3 amide bonds. The molecule has 4 aliphatic rings. The first-order valence-corrected chi connectivity index (χ1v) is 18.5. The molecule has 2 saturated heterocycles. The normalized spacial score (nSPS) is 30.6. The Balaban J connectivity index is 1.37. The van der Waals surface area contributed by atoms with Crippen molar-refractivity contribution in [3.63, 3.8) is 0 Å². The van der Waals surface area contributed by atoms with E-state index in [1.165, 1.54) is 12.0 Å². The van der Waals surface area contributed by atoms with E-state index >= 15 is 4.79 Å². The minimum Gasteiger partial charge on any atom is -0.455 e. The maximum atomic E-state index is 15.3. The summed E-state index contributed by atoms with van der Waals surface area (Å²) >= 11 is 0. The number of rotatable bonds is 8. The Labute approximate surface area is 309 Å². The number of nitrogens with one attached hydrogen (secondary N) is 1. The fourth-order valence-corrected chi connectivity index (χ4v) is 8.55. The van der Waals surface area contributed by atoms with Crippen LogP contribution in [-0.4, -0.2) is 90.4 Å². The number of amides is 3. The molecule has 2 N–H and O–H groups in total. The molecule has 3 aromatic rings. The molecule has 9 atom stereocenters. The predicted molar refractivity (Wildman–Crippen MR) is 198 cm³/mol. The number of carbonyl (C=O) groups excluding carboxylic acids is 4. The van der Waals surface area contributed by atoms with Crippen LogP contribution in [0, 0.1) is 17.8 Å². The van der Waals surface area contributed by atoms with Crippen LogP contribution in [0.1, 0.15) is 44.8 Å². The van der Waals surface area contributed by atoms with Crippen molar-refractivity contribution in [2.24, 2.45) is 17.8 Å². The van der Waals surface area contributed by atoms with E-state index in [0.717, 1.165) is 10.8 Å². The van der Waals surface area contributed by atoms with E-state index in [1.807, 2.05) is 98.8 Å². The second-order valence-electron chi connectivity index (χ2n) is 14.5. The van der Waals surface area contributed by atoms with Gasteiger partial charge in [-0.15, -0.1) is 0 Å². The van der Waals surface area contributed by atoms with Gasteiger partial charge in [0.1, 0.15) is 23.7 Å². The SMILES string of the molecule is CC[C@H](C)[C@H](CO)N1C(=O)[C@H]2[C@@H]3C(=O)O[C@H](c4ccccc4)[C@@H](COC)NC(=O)CC/C=C\CN(c4ccc5ccccc5c4)C(=O)[C@H]1[C@@]21C=C[C@@H]3O1. The number of esters is 1. The molecule has 4 aliphatic heterocycles. The van der Waals surface area contributed by atoms with E-state index in [1.54, 1.807) is 17.1 Å². The number of likely N-dealkylation sites (tertiary alicyclic amines) is 1. The largest absolute Gasteiger partial charge is 0.455 e. The predicted octanol–water partition coefficient (Wildman–Crippen LogP) is 4.50. The van der Waals surface area contributed by atoms with Crippen molar-refractivity contribution < 1.29 is 38.5 Å². The number of benzene rings is 3. The number of aliphatic hydroxyl groups is 1. The molecule has 4 heterocycles. The van der Waals surface area contributed by atoms with Gasteiger partial charge in [-0.25, -0.2) is 0 Å². The van der Waals surface area contributed by atoms with E-state index in [2.05, 4.69) is 5.32 Å². The van der Waals surface area contributed by atoms with Gasteiger partial charge in [-0.3, -0.25) is 19.2 Å². The van der Waals surface area contributed by atoms with Gasteiger partial charge in [0.05, 0.1) is 37.3 Å². The zero-order chi connectivity index (χ0) is 37.3. The van der Waals surface area contributed by atoms with Crippen molar-refractivity contribution in [2.75, 3.05) is 31.8 Å². The van der Waals surface area contributed by atoms with Crippen molar-refractivity contribution >= 4 is 40.2 Å². The number of fused-ring (bicyclic) bond motifs is 3. The summed E-state index contributed by atoms with van der Waals surface area (Å²) in [6, 6.07) is 20.1. The monoisotopic (exact) mass is 721 g/mol. The van der Waals surface area contributed by atoms with Gasteiger partial charge in [0.2, 0.25) is 11.8 Å². The van der Waals surface area contributed by atoms with E-state index in [0.29, 0.717) is 24.1 Å². The average Bonchev–Trinajstić information content (AvgIpc) is 3.82. The summed E-state index contributed by atoms with van der Waals surface area (Å²) in [5, 5.41) is 15.8. The Hall–Kier alpha value is -4.84. The number of hydrogen-bond acceptors (Lipinski definition) is 8. The molecule has 5 bridgehead atoms. The van der Waals surface area contributed by atoms with Gasteiger partial charge in [0, 0.05) is 25.8 Å². The Morgan fingerprint density at radius 1 is 0.981 bits per heavy atom. The number of cyclic esters (lactones) is 1. The van der Waals surface area contributed by atoms with E-state index in [9.17, 15) is 19.5 Å². The maximum absolute atomic E-state index is 15.3. The number of hydrogen-bond donors (Lipinski definition) is 2. The van der Waals surface area contributed by atoms with E-state index < -0.39 is 65.6 Å². The minimum absolute atomic E-state index is 0.0589. The van der Waals surface area contributed by atoms with Crippen LogP contribution in [0.25, 0.3) is 10.8 Å². The highest BCUT2D eigenvalue weighted by Gasteiger charge is 2.74. The lowest BCUT2D eigenvalue weighted by atomic mass is 9.74. The Morgan fingerprint density at radius 3 is 2.47 bits per heavy atom. The molecular weight excluding hydrogens is 674 g/mol. The molecule has 0 aliphatic carbocycles. The molecule has 278 valence electrons. The fraction of sp³-hybridized carbons (Fsp3) is 0.429. The van der Waals surface area contributed by atoms with Crippen LogP contribution >= 0.6 is 0 Å². The second kappa shape index (κ2) is 15.3. The molecule has 0 unspecified atom stereocenters. The van der Waals surface area contributed by atoms with Crippen molar-refractivity contribution in [1.82, 2.24) is 10.2 Å². The number of ether oxygens (including phenoxy) is 3. The lowest BCUT2D eigenvalue weighted by molar-refractivity contribution is -0.162. The lowest BCUT2D eigenvalue weighted by Gasteiger charge is -2.40. The molecule has 3 aromatic carbocycles. The molecule has 1 spiro atoms. The van der Waals surface area contributed by atoms with Gasteiger partial charge in [0.15, 0.2) is 0 Å². The average molecular weight is 722 g/mol. The van der Waals surface area contributed by atoms with Crippen LogP contribution in [0.3, 0.4) is 0 Å². The van der Waals surface area contributed by atoms with Crippen molar-refractivity contribution in [2.45, 2.75) is 69.0 Å². The number of allylic oxidation sites excluding steroid dienone is 1. The number of aliphatic hydroxyl groups excluding tert-OH is 1. The summed E-state index contributed by atoms with van der Waals surface area (Å²) in [5.74, 6) is -4.12. The molecule has 2 fully saturated rings. The van der Waals surface area contributed by atoms with Crippen LogP contribution in [0.4, 0.5) is 5.69 Å². The quantitative estimate of drug-likeness (QED) is 0.257. The molecule has 7 rings (SSSR count). The Kier molecular flexibility index (Phi) is 10.5. The smallest absolute Gasteiger partial charge is 0.313 e. The van der Waals surface area contributed by atoms with Crippen LogP contribution < -0.4 is 10.2 Å². The first-order valence-electron chi connectivity index (χ1n) is 18.5. The molecule has 0 aromatic heterocycles. The second-order valence-corrected chi connectivity index (χ2v) is 14.5. The summed E-state index contributed by atoms with van der Waals surface area (Å²) in [5.41, 5.74) is -0.227. The minimum atomic E-state index is -1.49. The van der Waals surface area contributed by atoms with Crippen LogP contribution in [-0.2, 0) is 33.4 Å². The zero-order valence-electron chi connectivity index (χ0n) is 30.3. The third-order valence-corrected chi connectivity index (χ3v) is 11.4. The highest BCUT2D eigenvalue weighted by molar-refractivity contribution is 6.06. The molecule has 11 nitrogen and oxygen atoms in total. The third-order valence-electron chi connectivity index (χ3n) is 11.4. The number of methoxy groups -OCH3 is 1. The van der Waals surface area contributed by atoms with Gasteiger partial charge in [-0.1, -0.05) is 105 Å². The van der Waals surface area contributed by atoms with E-state index in [-0.39, 0.29) is 38.0 Å². The number of carbonyl (C=O) groups is 4. The molecule has 53 heavy (non-hydrogen) atoms. The third kappa shape index (κ3) is 6.55. The highest BCUT2D eigenvalue weighted by atomic mass is 16.6. The van der Waals surface area contributed by atoms with Gasteiger partial charge in [-0.2, -0.15) is 0 Å². The van der Waals surface area contributed by atoms with Crippen LogP contribution in [0.2, 0.25) is 0 Å². The van der Waals surface area contributed by atoms with Gasteiger partial charge < -0.3 is 34.4 Å². The summed E-state index contributed by atoms with van der Waals surface area (Å²) in [4.78, 5) is 61.3. The first-order chi connectivity index (χ1) is 25.7. The van der Waals surface area contributed by atoms with Crippen molar-refractivity contribution in [3.8, 4) is 0 Å². The summed E-state index contributed by atoms with van der Waals surface area (Å²) in [7, 11) is 1.51. The van der Waals surface area contributed by atoms with Crippen molar-refractivity contribution in [1.29, 1.82) is 0 Å². The maximum Gasteiger partial charge on any atom is 0.313 e. The number of anilines is 1. The molecule has 0 radical (unpaired) electrons. The summed E-state index contributed by atoms with van der Waals surface area (Å²) in [6.07, 6.45) is 6.63. The van der Waals surface area contributed by atoms with Gasteiger partial charge in [0.25, 0.3) is 5.91 Å². The lowest BCUT2D eigenvalue weighted by Crippen LogP contribution is -2.59. The highest BCUT2D eigenvalue weighted by Crippen LogP contribution is 2.57. The first kappa shape index (κ1) is 36.5. The molecule has 0 saturated carbocycles. The zero-order valence-corrected chi connectivity index (χ0v) is 30.3. The molecule has 11 heteroatoms. The van der Waals surface area contributed by atoms with Crippen LogP contribution in [0.15, 0.2) is 97.1 Å². The van der Waals surface area contributed by atoms with E-state index in [4.69, 9.17) is 14.2 Å². The summed E-state index contributed by atoms with van der Waals surface area (Å²) < 4.78 is 18.5. The van der Waals surface area contributed by atoms with Gasteiger partial charge in [-0.05, 0) is 40.8 Å². The Bertz CT molecular complexity index is 1910. The number of nitrogens with zero attached hydrogens (tertiary/aromatic N) is 2. The van der Waals surface area contributed by atoms with Gasteiger partial charge >= 0.3 is 5.97 Å². The molecular formula is C42H47N3O8. The topological polar surface area (TPSA) is 135 Å². The summed E-state index contributed by atoms with van der Waals surface area (Å²) in [6.45, 7) is 3.75.